The van der Waals surface area contributed by atoms with E-state index in [-0.39, 0.29) is 26.0 Å². The maximum absolute atomic E-state index is 4.50. The molecule has 0 unspecified atom stereocenters. The molecule has 0 aliphatic rings. The van der Waals surface area contributed by atoms with Crippen LogP contribution >= 0.6 is 0 Å². The van der Waals surface area contributed by atoms with Crippen molar-refractivity contribution in [3.8, 4) is 0 Å². The fourth-order valence-corrected chi connectivity index (χ4v) is 0.354. The van der Waals surface area contributed by atoms with Gasteiger partial charge in [-0.2, -0.15) is 0 Å². The van der Waals surface area contributed by atoms with Gasteiger partial charge < -0.3 is 0 Å². The van der Waals surface area contributed by atoms with E-state index in [1.807, 2.05) is 13.8 Å². The van der Waals surface area contributed by atoms with E-state index in [0.717, 1.165) is 0 Å². The van der Waals surface area contributed by atoms with Crippen molar-refractivity contribution >= 4 is 15.7 Å². The van der Waals surface area contributed by atoms with E-state index >= 15 is 0 Å². The van der Waals surface area contributed by atoms with Crippen molar-refractivity contribution in [2.24, 2.45) is 0 Å². The van der Waals surface area contributed by atoms with Crippen LogP contribution in [0.25, 0.3) is 0 Å². The summed E-state index contributed by atoms with van der Waals surface area (Å²) < 4.78 is 0. The van der Waals surface area contributed by atoms with Crippen molar-refractivity contribution in [1.29, 1.82) is 0 Å². The zero-order valence-corrected chi connectivity index (χ0v) is 11.1. The third kappa shape index (κ3) is 198. The van der Waals surface area contributed by atoms with Crippen LogP contribution in [0.5, 0.6) is 0 Å². The molecule has 0 bridgehead atoms. The van der Waals surface area contributed by atoms with E-state index < -0.39 is 0 Å². The van der Waals surface area contributed by atoms with Crippen molar-refractivity contribution in [3.05, 3.63) is 0 Å². The third-order valence-corrected chi connectivity index (χ3v) is 0.707. The first-order valence-electron chi connectivity index (χ1n) is 4.57. The molecular formula is C10H28B2V. The minimum absolute atomic E-state index is 0. The Morgan fingerprint density at radius 3 is 0.923 bits per heavy atom. The van der Waals surface area contributed by atoms with Gasteiger partial charge in [-0.25, -0.2) is 0 Å². The normalized spacial score (nSPS) is 4.46. The summed E-state index contributed by atoms with van der Waals surface area (Å²) >= 11 is 0. The molecule has 0 atom stereocenters. The van der Waals surface area contributed by atoms with E-state index in [9.17, 15) is 0 Å². The summed E-state index contributed by atoms with van der Waals surface area (Å²) in [5.74, 6) is 0. The Morgan fingerprint density at radius 1 is 0.769 bits per heavy atom. The van der Waals surface area contributed by atoms with Crippen molar-refractivity contribution in [2.45, 2.75) is 68.0 Å². The number of rotatable bonds is 2. The van der Waals surface area contributed by atoms with Crippen molar-refractivity contribution in [1.82, 2.24) is 0 Å². The zero-order chi connectivity index (χ0) is 10.1. The largest absolute Gasteiger partial charge is 0.0999 e. The fourth-order valence-electron chi connectivity index (χ4n) is 0.354. The van der Waals surface area contributed by atoms with Gasteiger partial charge in [0.2, 0.25) is 0 Å². The smallest absolute Gasteiger partial charge is 0.0606 e. The fraction of sp³-hybridized carbons (Fsp3) is 1.00. The molecular weight excluding hydrogens is 193 g/mol. The van der Waals surface area contributed by atoms with E-state index in [4.69, 9.17) is 0 Å². The summed E-state index contributed by atoms with van der Waals surface area (Å²) in [5, 5.41) is 0. The SMILES string of the molecule is C.CC.CCCCC.[B]C.[B]C.[V]. The van der Waals surface area contributed by atoms with E-state index in [1.165, 1.54) is 32.9 Å². The minimum Gasteiger partial charge on any atom is -0.0999 e. The molecule has 0 saturated carbocycles. The standard InChI is InChI=1S/C5H12.C2H6.2CH3B.CH4.V/c1-3-5-4-2;3*1-2;;/h3-5H2,1-2H3;1-2H3;2*1H3;1H4;. The molecule has 0 aromatic heterocycles. The molecule has 0 amide bonds. The summed E-state index contributed by atoms with van der Waals surface area (Å²) in [7, 11) is 9.00. The molecule has 0 heterocycles. The molecule has 0 fully saturated rings. The van der Waals surface area contributed by atoms with Crippen LogP contribution in [0.2, 0.25) is 13.6 Å². The van der Waals surface area contributed by atoms with Gasteiger partial charge in [0.25, 0.3) is 0 Å². The van der Waals surface area contributed by atoms with Crippen LogP contribution in [-0.2, 0) is 18.6 Å². The molecule has 0 spiro atoms. The maximum Gasteiger partial charge on any atom is 0.0606 e. The quantitative estimate of drug-likeness (QED) is 0.611. The van der Waals surface area contributed by atoms with Gasteiger partial charge in [-0.1, -0.05) is 68.0 Å². The van der Waals surface area contributed by atoms with Crippen LogP contribution in [0.15, 0.2) is 0 Å². The molecule has 0 saturated heterocycles. The minimum atomic E-state index is 0. The summed E-state index contributed by atoms with van der Waals surface area (Å²) in [6.45, 7) is 11.4. The summed E-state index contributed by atoms with van der Waals surface area (Å²) in [6.07, 6.45) is 4.08. The van der Waals surface area contributed by atoms with Gasteiger partial charge in [-0.05, 0) is 0 Å². The van der Waals surface area contributed by atoms with Crippen molar-refractivity contribution < 1.29 is 18.6 Å². The first-order chi connectivity index (χ1) is 5.41. The van der Waals surface area contributed by atoms with Crippen LogP contribution in [0.3, 0.4) is 0 Å². The first-order valence-corrected chi connectivity index (χ1v) is 4.57. The Morgan fingerprint density at radius 2 is 0.923 bits per heavy atom. The predicted octanol–water partition coefficient (Wildman–Crippen LogP) is 4.26. The second kappa shape index (κ2) is 126. The molecule has 79 valence electrons. The summed E-state index contributed by atoms with van der Waals surface area (Å²) in [5.41, 5.74) is 0. The Balaban J connectivity index is -0.0000000135. The van der Waals surface area contributed by atoms with Gasteiger partial charge in [0.1, 0.15) is 0 Å². The number of hydrogen-bond acceptors (Lipinski definition) is 0. The zero-order valence-electron chi connectivity index (χ0n) is 9.72. The molecule has 0 aliphatic carbocycles. The van der Waals surface area contributed by atoms with Gasteiger partial charge in [0.05, 0.1) is 15.7 Å². The molecule has 0 aromatic carbocycles. The third-order valence-electron chi connectivity index (χ3n) is 0.707. The molecule has 0 N–H and O–H groups in total. The molecule has 0 nitrogen and oxygen atoms in total. The average Bonchev–Trinajstić information content (AvgIpc) is 2.16. The van der Waals surface area contributed by atoms with Crippen LogP contribution in [-0.4, -0.2) is 15.7 Å². The van der Waals surface area contributed by atoms with Crippen LogP contribution < -0.4 is 0 Å². The van der Waals surface area contributed by atoms with E-state index in [1.54, 1.807) is 0 Å². The molecule has 3 heteroatoms. The second-order valence-electron chi connectivity index (χ2n) is 1.35. The van der Waals surface area contributed by atoms with Crippen LogP contribution in [0.1, 0.15) is 54.4 Å². The monoisotopic (exact) mass is 221 g/mol. The van der Waals surface area contributed by atoms with Gasteiger partial charge in [0.15, 0.2) is 0 Å². The van der Waals surface area contributed by atoms with Crippen molar-refractivity contribution in [3.63, 3.8) is 0 Å². The van der Waals surface area contributed by atoms with Gasteiger partial charge in [-0.3, -0.25) is 0 Å². The Bertz CT molecular complexity index is 20.4. The van der Waals surface area contributed by atoms with Gasteiger partial charge >= 0.3 is 0 Å². The van der Waals surface area contributed by atoms with Crippen LogP contribution in [0.4, 0.5) is 0 Å². The topological polar surface area (TPSA) is 0 Å². The first kappa shape index (κ1) is 37.3. The Labute approximate surface area is 102 Å². The van der Waals surface area contributed by atoms with Crippen LogP contribution in [0, 0.1) is 0 Å². The van der Waals surface area contributed by atoms with E-state index in [0.29, 0.717) is 0 Å². The number of hydrogen-bond donors (Lipinski definition) is 0. The average molecular weight is 221 g/mol. The summed E-state index contributed by atoms with van der Waals surface area (Å²) in [4.78, 5) is 0. The van der Waals surface area contributed by atoms with E-state index in [2.05, 4.69) is 29.5 Å². The molecule has 5 radical (unpaired) electrons. The van der Waals surface area contributed by atoms with Gasteiger partial charge in [0, 0.05) is 18.6 Å². The number of unbranched alkanes of at least 4 members (excludes halogenated alkanes) is 2. The predicted molar refractivity (Wildman–Crippen MR) is 66.5 cm³/mol. The molecule has 13 heavy (non-hydrogen) atoms. The molecule has 0 aliphatic heterocycles. The van der Waals surface area contributed by atoms with Gasteiger partial charge in [-0.15, -0.1) is 0 Å². The molecule has 0 aromatic rings. The van der Waals surface area contributed by atoms with Crippen molar-refractivity contribution in [2.75, 3.05) is 0 Å². The second-order valence-corrected chi connectivity index (χ2v) is 1.35. The summed E-state index contributed by atoms with van der Waals surface area (Å²) in [6, 6.07) is 0. The Hall–Kier alpha value is 0.714. The Kier molecular flexibility index (Phi) is 362. The maximum atomic E-state index is 4.50. The molecule has 0 rings (SSSR count).